The highest BCUT2D eigenvalue weighted by atomic mass is 16.3. The molecular formula is C44H30O. The minimum atomic E-state index is 0.878. The zero-order valence-electron chi connectivity index (χ0n) is 24.7. The fraction of sp³-hybridized carbons (Fsp3) is 0. The molecule has 0 amide bonds. The fourth-order valence-electron chi connectivity index (χ4n) is 6.34. The summed E-state index contributed by atoms with van der Waals surface area (Å²) in [6.45, 7) is 0. The lowest BCUT2D eigenvalue weighted by molar-refractivity contribution is 0.602. The van der Waals surface area contributed by atoms with Crippen molar-refractivity contribution in [1.29, 1.82) is 0 Å². The van der Waals surface area contributed by atoms with Crippen molar-refractivity contribution in [2.24, 2.45) is 0 Å². The second-order valence-electron chi connectivity index (χ2n) is 11.3. The van der Waals surface area contributed by atoms with E-state index in [9.17, 15) is 0 Å². The summed E-state index contributed by atoms with van der Waals surface area (Å²) in [5.74, 6) is 1.76. The second-order valence-corrected chi connectivity index (χ2v) is 11.3. The van der Waals surface area contributed by atoms with Crippen LogP contribution < -0.4 is 0 Å². The van der Waals surface area contributed by atoms with Gasteiger partial charge in [0.1, 0.15) is 11.5 Å². The molecule has 1 heterocycles. The van der Waals surface area contributed by atoms with Gasteiger partial charge in [0.2, 0.25) is 0 Å². The van der Waals surface area contributed by atoms with Gasteiger partial charge in [-0.3, -0.25) is 0 Å². The Morgan fingerprint density at radius 2 is 0.667 bits per heavy atom. The highest BCUT2D eigenvalue weighted by molar-refractivity contribution is 6.08. The Morgan fingerprint density at radius 1 is 0.267 bits per heavy atom. The molecule has 0 aliphatic carbocycles. The molecule has 1 nitrogen and oxygen atoms in total. The van der Waals surface area contributed by atoms with Crippen LogP contribution in [0.3, 0.4) is 0 Å². The normalized spacial score (nSPS) is 11.1. The molecule has 0 aliphatic heterocycles. The molecule has 8 rings (SSSR count). The summed E-state index contributed by atoms with van der Waals surface area (Å²) >= 11 is 0. The van der Waals surface area contributed by atoms with Crippen LogP contribution in [-0.4, -0.2) is 0 Å². The average Bonchev–Trinajstić information content (AvgIpc) is 3.52. The highest BCUT2D eigenvalue weighted by Crippen LogP contribution is 2.48. The van der Waals surface area contributed by atoms with Crippen LogP contribution in [0.2, 0.25) is 0 Å². The molecule has 8 aromatic rings. The van der Waals surface area contributed by atoms with Gasteiger partial charge in [0.25, 0.3) is 0 Å². The predicted molar refractivity (Wildman–Crippen MR) is 189 cm³/mol. The number of fused-ring (bicyclic) bond motifs is 1. The number of benzene rings is 7. The first kappa shape index (κ1) is 26.7. The van der Waals surface area contributed by atoms with Crippen molar-refractivity contribution in [3.8, 4) is 67.2 Å². The minimum absolute atomic E-state index is 0.878. The van der Waals surface area contributed by atoms with Crippen LogP contribution >= 0.6 is 0 Å². The van der Waals surface area contributed by atoms with Crippen molar-refractivity contribution < 1.29 is 4.42 Å². The molecule has 7 aromatic carbocycles. The quantitative estimate of drug-likeness (QED) is 0.192. The van der Waals surface area contributed by atoms with Crippen LogP contribution in [0.1, 0.15) is 0 Å². The molecule has 0 bridgehead atoms. The summed E-state index contributed by atoms with van der Waals surface area (Å²) in [7, 11) is 0. The van der Waals surface area contributed by atoms with Crippen molar-refractivity contribution >= 4 is 10.8 Å². The Labute approximate surface area is 263 Å². The predicted octanol–water partition coefficient (Wildman–Crippen LogP) is 12.4. The van der Waals surface area contributed by atoms with E-state index in [4.69, 9.17) is 4.42 Å². The molecule has 0 atom stereocenters. The van der Waals surface area contributed by atoms with Gasteiger partial charge >= 0.3 is 0 Å². The van der Waals surface area contributed by atoms with E-state index in [2.05, 4.69) is 182 Å². The molecule has 212 valence electrons. The van der Waals surface area contributed by atoms with Gasteiger partial charge in [0, 0.05) is 21.9 Å². The third-order valence-electron chi connectivity index (χ3n) is 8.49. The molecule has 1 heteroatoms. The van der Waals surface area contributed by atoms with E-state index in [-0.39, 0.29) is 0 Å². The van der Waals surface area contributed by atoms with Crippen LogP contribution in [0.4, 0.5) is 0 Å². The van der Waals surface area contributed by atoms with Gasteiger partial charge < -0.3 is 4.42 Å². The zero-order valence-corrected chi connectivity index (χ0v) is 24.7. The molecule has 45 heavy (non-hydrogen) atoms. The number of furan rings is 1. The lowest BCUT2D eigenvalue weighted by Gasteiger charge is -2.18. The molecule has 0 spiro atoms. The smallest absolute Gasteiger partial charge is 0.143 e. The standard InChI is InChI=1S/C44H30O/c1-5-16-31(17-6-1)35-24-15-25-36(28-35)43-38-26-13-14-27-39(38)44(45-43)42-40(33-20-9-3-10-21-33)29-37(32-18-7-2-8-19-32)30-41(42)34-22-11-4-12-23-34/h1-30H. The van der Waals surface area contributed by atoms with E-state index in [1.807, 2.05) is 0 Å². The summed E-state index contributed by atoms with van der Waals surface area (Å²) in [4.78, 5) is 0. The molecule has 1 aromatic heterocycles. The number of hydrogen-bond acceptors (Lipinski definition) is 1. The maximum Gasteiger partial charge on any atom is 0.143 e. The van der Waals surface area contributed by atoms with Crippen LogP contribution in [0.25, 0.3) is 77.9 Å². The zero-order chi connectivity index (χ0) is 30.0. The van der Waals surface area contributed by atoms with E-state index < -0.39 is 0 Å². The van der Waals surface area contributed by atoms with Gasteiger partial charge in [-0.15, -0.1) is 0 Å². The molecule has 0 unspecified atom stereocenters. The Balaban J connectivity index is 1.43. The van der Waals surface area contributed by atoms with Crippen LogP contribution in [0.5, 0.6) is 0 Å². The Morgan fingerprint density at radius 3 is 1.20 bits per heavy atom. The van der Waals surface area contributed by atoms with Gasteiger partial charge in [-0.2, -0.15) is 0 Å². The van der Waals surface area contributed by atoms with Crippen LogP contribution in [0, 0.1) is 0 Å². The lowest BCUT2D eigenvalue weighted by Crippen LogP contribution is -1.92. The third kappa shape index (κ3) is 5.05. The Hall–Kier alpha value is -5.92. The van der Waals surface area contributed by atoms with Crippen molar-refractivity contribution in [3.63, 3.8) is 0 Å². The molecule has 0 saturated heterocycles. The molecule has 0 radical (unpaired) electrons. The second kappa shape index (κ2) is 11.6. The van der Waals surface area contributed by atoms with E-state index in [0.29, 0.717) is 0 Å². The van der Waals surface area contributed by atoms with Gasteiger partial charge in [0.05, 0.1) is 0 Å². The molecule has 0 saturated carbocycles. The summed E-state index contributed by atoms with van der Waals surface area (Å²) in [6, 6.07) is 64.4. The summed E-state index contributed by atoms with van der Waals surface area (Å²) < 4.78 is 7.10. The van der Waals surface area contributed by atoms with E-state index in [0.717, 1.165) is 61.2 Å². The van der Waals surface area contributed by atoms with E-state index >= 15 is 0 Å². The molecule has 0 fully saturated rings. The third-order valence-corrected chi connectivity index (χ3v) is 8.49. The summed E-state index contributed by atoms with van der Waals surface area (Å²) in [5.41, 5.74) is 11.4. The van der Waals surface area contributed by atoms with Gasteiger partial charge in [0.15, 0.2) is 0 Å². The van der Waals surface area contributed by atoms with Crippen molar-refractivity contribution in [1.82, 2.24) is 0 Å². The topological polar surface area (TPSA) is 13.1 Å². The first-order chi connectivity index (χ1) is 22.3. The molecule has 0 N–H and O–H groups in total. The van der Waals surface area contributed by atoms with Crippen molar-refractivity contribution in [2.45, 2.75) is 0 Å². The monoisotopic (exact) mass is 574 g/mol. The van der Waals surface area contributed by atoms with Gasteiger partial charge in [-0.25, -0.2) is 0 Å². The number of hydrogen-bond donors (Lipinski definition) is 0. The first-order valence-electron chi connectivity index (χ1n) is 15.4. The fourth-order valence-corrected chi connectivity index (χ4v) is 6.34. The minimum Gasteiger partial charge on any atom is -0.455 e. The maximum absolute atomic E-state index is 7.10. The summed E-state index contributed by atoms with van der Waals surface area (Å²) in [5, 5.41) is 2.20. The van der Waals surface area contributed by atoms with Crippen LogP contribution in [0.15, 0.2) is 186 Å². The first-order valence-corrected chi connectivity index (χ1v) is 15.4. The SMILES string of the molecule is c1ccc(-c2cccc(-c3oc(-c4c(-c5ccccc5)cc(-c5ccccc5)cc4-c4ccccc4)c4ccccc34)c2)cc1. The van der Waals surface area contributed by atoms with Gasteiger partial charge in [-0.1, -0.05) is 164 Å². The van der Waals surface area contributed by atoms with E-state index in [1.54, 1.807) is 0 Å². The average molecular weight is 575 g/mol. The van der Waals surface area contributed by atoms with Crippen LogP contribution in [-0.2, 0) is 0 Å². The molecular weight excluding hydrogens is 544 g/mol. The Bertz CT molecular complexity index is 2170. The highest BCUT2D eigenvalue weighted by Gasteiger charge is 2.24. The number of rotatable bonds is 6. The van der Waals surface area contributed by atoms with Crippen molar-refractivity contribution in [3.05, 3.63) is 182 Å². The van der Waals surface area contributed by atoms with Gasteiger partial charge in [-0.05, 0) is 62.7 Å². The van der Waals surface area contributed by atoms with Crippen molar-refractivity contribution in [2.75, 3.05) is 0 Å². The van der Waals surface area contributed by atoms with E-state index in [1.165, 1.54) is 16.7 Å². The Kier molecular flexibility index (Phi) is 6.90. The molecule has 0 aliphatic rings. The lowest BCUT2D eigenvalue weighted by atomic mass is 9.86. The summed E-state index contributed by atoms with van der Waals surface area (Å²) in [6.07, 6.45) is 0. The maximum atomic E-state index is 7.10. The largest absolute Gasteiger partial charge is 0.455 e.